The van der Waals surface area contributed by atoms with E-state index < -0.39 is 12.0 Å². The van der Waals surface area contributed by atoms with E-state index in [0.717, 1.165) is 11.0 Å². The van der Waals surface area contributed by atoms with Gasteiger partial charge in [-0.1, -0.05) is 26.0 Å². The average molecular weight is 259 g/mol. The van der Waals surface area contributed by atoms with E-state index in [0.29, 0.717) is 18.2 Å². The molecule has 1 aromatic carbocycles. The van der Waals surface area contributed by atoms with E-state index in [1.165, 1.54) is 0 Å². The summed E-state index contributed by atoms with van der Waals surface area (Å²) in [6, 6.07) is 6.85. The zero-order chi connectivity index (χ0) is 13.8. The third-order valence-electron chi connectivity index (χ3n) is 2.78. The Bertz CT molecular complexity index is 584. The minimum atomic E-state index is -0.872. The summed E-state index contributed by atoms with van der Waals surface area (Å²) in [6.07, 6.45) is 2.11. The molecule has 0 aliphatic rings. The van der Waals surface area contributed by atoms with Crippen LogP contribution < -0.4 is 5.32 Å². The Labute approximate surface area is 111 Å². The van der Waals surface area contributed by atoms with Gasteiger partial charge in [0, 0.05) is 0 Å². The number of carbonyl (C=O) groups is 1. The van der Waals surface area contributed by atoms with Gasteiger partial charge in [0.15, 0.2) is 0 Å². The summed E-state index contributed by atoms with van der Waals surface area (Å²) in [5.41, 5.74) is 1.55. The van der Waals surface area contributed by atoms with E-state index in [4.69, 9.17) is 0 Å². The monoisotopic (exact) mass is 259 g/mol. The standard InChI is InChI=1S/C14H17N3O2/c1-9(2)7-12(14(18)19)17-13-8-15-10-5-3-4-6-11(10)16-13/h3-6,8-9,12H,7H2,1-2H3,(H,16,17)(H,18,19). The van der Waals surface area contributed by atoms with Gasteiger partial charge < -0.3 is 10.4 Å². The number of nitrogens with one attached hydrogen (secondary N) is 1. The van der Waals surface area contributed by atoms with Crippen LogP contribution in [0.2, 0.25) is 0 Å². The van der Waals surface area contributed by atoms with Crippen LogP contribution in [0.25, 0.3) is 11.0 Å². The Morgan fingerprint density at radius 3 is 2.63 bits per heavy atom. The van der Waals surface area contributed by atoms with Crippen molar-refractivity contribution in [2.24, 2.45) is 5.92 Å². The van der Waals surface area contributed by atoms with Gasteiger partial charge in [-0.3, -0.25) is 4.98 Å². The number of fused-ring (bicyclic) bond motifs is 1. The number of carboxylic acid groups (broad SMARTS) is 1. The number of benzene rings is 1. The van der Waals surface area contributed by atoms with Gasteiger partial charge in [-0.2, -0.15) is 0 Å². The Balaban J connectivity index is 2.21. The van der Waals surface area contributed by atoms with E-state index in [1.807, 2.05) is 38.1 Å². The van der Waals surface area contributed by atoms with E-state index in [2.05, 4.69) is 15.3 Å². The van der Waals surface area contributed by atoms with Gasteiger partial charge in [-0.05, 0) is 24.5 Å². The molecule has 2 rings (SSSR count). The van der Waals surface area contributed by atoms with Crippen molar-refractivity contribution in [3.63, 3.8) is 0 Å². The molecule has 0 spiro atoms. The van der Waals surface area contributed by atoms with Crippen LogP contribution in [0.5, 0.6) is 0 Å². The lowest BCUT2D eigenvalue weighted by Crippen LogP contribution is -2.31. The maximum absolute atomic E-state index is 11.2. The number of hydrogen-bond donors (Lipinski definition) is 2. The van der Waals surface area contributed by atoms with Crippen molar-refractivity contribution in [2.75, 3.05) is 5.32 Å². The molecule has 2 N–H and O–H groups in total. The third-order valence-corrected chi connectivity index (χ3v) is 2.78. The summed E-state index contributed by atoms with van der Waals surface area (Å²) < 4.78 is 0. The highest BCUT2D eigenvalue weighted by molar-refractivity contribution is 5.78. The van der Waals surface area contributed by atoms with Crippen LogP contribution in [0.3, 0.4) is 0 Å². The Morgan fingerprint density at radius 1 is 1.32 bits per heavy atom. The van der Waals surface area contributed by atoms with Gasteiger partial charge in [-0.15, -0.1) is 0 Å². The fourth-order valence-corrected chi connectivity index (χ4v) is 1.90. The van der Waals surface area contributed by atoms with Crippen molar-refractivity contribution >= 4 is 22.8 Å². The van der Waals surface area contributed by atoms with Gasteiger partial charge in [0.25, 0.3) is 0 Å². The SMILES string of the molecule is CC(C)CC(Nc1cnc2ccccc2n1)C(=O)O. The third kappa shape index (κ3) is 3.40. The lowest BCUT2D eigenvalue weighted by molar-refractivity contribution is -0.138. The molecule has 1 unspecified atom stereocenters. The maximum atomic E-state index is 11.2. The normalized spacial score (nSPS) is 12.6. The van der Waals surface area contributed by atoms with Gasteiger partial charge in [-0.25, -0.2) is 9.78 Å². The molecule has 1 heterocycles. The number of nitrogens with zero attached hydrogens (tertiary/aromatic N) is 2. The van der Waals surface area contributed by atoms with Crippen molar-refractivity contribution in [2.45, 2.75) is 26.3 Å². The first kappa shape index (κ1) is 13.3. The van der Waals surface area contributed by atoms with Crippen LogP contribution in [0, 0.1) is 5.92 Å². The molecule has 100 valence electrons. The first-order valence-corrected chi connectivity index (χ1v) is 6.27. The molecule has 1 aromatic heterocycles. The highest BCUT2D eigenvalue weighted by Gasteiger charge is 2.19. The predicted molar refractivity (Wildman–Crippen MR) is 74.0 cm³/mol. The minimum absolute atomic E-state index is 0.294. The van der Waals surface area contributed by atoms with E-state index >= 15 is 0 Å². The summed E-state index contributed by atoms with van der Waals surface area (Å²) in [5, 5.41) is 12.1. The van der Waals surface area contributed by atoms with Gasteiger partial charge in [0.2, 0.25) is 0 Å². The van der Waals surface area contributed by atoms with Gasteiger partial charge in [0.05, 0.1) is 17.2 Å². The zero-order valence-electron chi connectivity index (χ0n) is 11.0. The van der Waals surface area contributed by atoms with Crippen LogP contribution in [0.4, 0.5) is 5.82 Å². The van der Waals surface area contributed by atoms with Crippen LogP contribution >= 0.6 is 0 Å². The smallest absolute Gasteiger partial charge is 0.326 e. The zero-order valence-corrected chi connectivity index (χ0v) is 11.0. The summed E-state index contributed by atoms with van der Waals surface area (Å²) in [7, 11) is 0. The number of carboxylic acids is 1. The molecule has 19 heavy (non-hydrogen) atoms. The summed E-state index contributed by atoms with van der Waals surface area (Å²) in [4.78, 5) is 19.8. The molecular formula is C14H17N3O2. The quantitative estimate of drug-likeness (QED) is 0.863. The largest absolute Gasteiger partial charge is 0.480 e. The van der Waals surface area contributed by atoms with Crippen LogP contribution in [-0.4, -0.2) is 27.1 Å². The van der Waals surface area contributed by atoms with E-state index in [-0.39, 0.29) is 0 Å². The highest BCUT2D eigenvalue weighted by atomic mass is 16.4. The first-order chi connectivity index (χ1) is 9.06. The predicted octanol–water partition coefficient (Wildman–Crippen LogP) is 2.54. The van der Waals surface area contributed by atoms with E-state index in [1.54, 1.807) is 6.20 Å². The molecular weight excluding hydrogens is 242 g/mol. The molecule has 0 fully saturated rings. The molecule has 0 aliphatic carbocycles. The maximum Gasteiger partial charge on any atom is 0.326 e. The second-order valence-electron chi connectivity index (χ2n) is 4.91. The topological polar surface area (TPSA) is 75.1 Å². The second-order valence-corrected chi connectivity index (χ2v) is 4.91. The number of rotatable bonds is 5. The Kier molecular flexibility index (Phi) is 3.94. The van der Waals surface area contributed by atoms with Crippen molar-refractivity contribution in [3.05, 3.63) is 30.5 Å². The number of anilines is 1. The Morgan fingerprint density at radius 2 is 2.00 bits per heavy atom. The lowest BCUT2D eigenvalue weighted by atomic mass is 10.0. The number of aliphatic carboxylic acids is 1. The van der Waals surface area contributed by atoms with E-state index in [9.17, 15) is 9.90 Å². The molecule has 0 amide bonds. The average Bonchev–Trinajstić information content (AvgIpc) is 2.37. The van der Waals surface area contributed by atoms with Crippen molar-refractivity contribution < 1.29 is 9.90 Å². The van der Waals surface area contributed by atoms with Gasteiger partial charge in [0.1, 0.15) is 11.9 Å². The summed E-state index contributed by atoms with van der Waals surface area (Å²) >= 11 is 0. The number of hydrogen-bond acceptors (Lipinski definition) is 4. The fourth-order valence-electron chi connectivity index (χ4n) is 1.90. The lowest BCUT2D eigenvalue weighted by Gasteiger charge is -2.16. The molecule has 0 saturated carbocycles. The van der Waals surface area contributed by atoms with Crippen molar-refractivity contribution in [1.82, 2.24) is 9.97 Å². The van der Waals surface area contributed by atoms with Gasteiger partial charge >= 0.3 is 5.97 Å². The second kappa shape index (κ2) is 5.65. The minimum Gasteiger partial charge on any atom is -0.480 e. The molecule has 0 aliphatic heterocycles. The molecule has 2 aromatic rings. The highest BCUT2D eigenvalue weighted by Crippen LogP contribution is 2.14. The Hall–Kier alpha value is -2.17. The first-order valence-electron chi connectivity index (χ1n) is 6.27. The molecule has 1 atom stereocenters. The number of aromatic nitrogens is 2. The molecule has 0 bridgehead atoms. The molecule has 5 heteroatoms. The molecule has 5 nitrogen and oxygen atoms in total. The van der Waals surface area contributed by atoms with Crippen LogP contribution in [0.15, 0.2) is 30.5 Å². The van der Waals surface area contributed by atoms with Crippen molar-refractivity contribution in [1.29, 1.82) is 0 Å². The van der Waals surface area contributed by atoms with Crippen LogP contribution in [-0.2, 0) is 4.79 Å². The van der Waals surface area contributed by atoms with Crippen molar-refractivity contribution in [3.8, 4) is 0 Å². The van der Waals surface area contributed by atoms with Crippen LogP contribution in [0.1, 0.15) is 20.3 Å². The fraction of sp³-hybridized carbons (Fsp3) is 0.357. The molecule has 0 radical (unpaired) electrons. The number of para-hydroxylation sites is 2. The molecule has 0 saturated heterocycles. The summed E-state index contributed by atoms with van der Waals surface area (Å²) in [5.74, 6) is -0.0857. The summed E-state index contributed by atoms with van der Waals surface area (Å²) in [6.45, 7) is 3.98.